The molecule has 0 aliphatic carbocycles. The fourth-order valence-electron chi connectivity index (χ4n) is 1.13. The molecule has 3 heteroatoms. The van der Waals surface area contributed by atoms with Crippen molar-refractivity contribution in [2.45, 2.75) is 39.2 Å². The molecule has 0 aliphatic rings. The summed E-state index contributed by atoms with van der Waals surface area (Å²) in [6, 6.07) is 0. The van der Waals surface area contributed by atoms with Crippen molar-refractivity contribution < 1.29 is 14.6 Å². The van der Waals surface area contributed by atoms with Crippen LogP contribution in [0.4, 0.5) is 0 Å². The molecule has 0 amide bonds. The second-order valence-corrected chi connectivity index (χ2v) is 3.67. The van der Waals surface area contributed by atoms with E-state index in [1.54, 1.807) is 21.0 Å². The van der Waals surface area contributed by atoms with E-state index in [4.69, 9.17) is 4.74 Å². The number of methoxy groups -OCH3 is 1. The van der Waals surface area contributed by atoms with Crippen LogP contribution in [0.3, 0.4) is 0 Å². The minimum atomic E-state index is -1.17. The highest BCUT2D eigenvalue weighted by Gasteiger charge is 2.31. The van der Waals surface area contributed by atoms with Crippen LogP contribution in [0.5, 0.6) is 0 Å². The van der Waals surface area contributed by atoms with Crippen molar-refractivity contribution in [2.75, 3.05) is 13.7 Å². The van der Waals surface area contributed by atoms with Gasteiger partial charge in [0.1, 0.15) is 5.60 Å². The largest absolute Gasteiger partial charge is 0.385 e. The zero-order valence-electron chi connectivity index (χ0n) is 8.96. The Morgan fingerprint density at radius 1 is 1.62 bits per heavy atom. The quantitative estimate of drug-likeness (QED) is 0.685. The zero-order chi connectivity index (χ0) is 10.5. The van der Waals surface area contributed by atoms with Crippen LogP contribution in [0, 0.1) is 5.92 Å². The smallest absolute Gasteiger partial charge is 0.166 e. The van der Waals surface area contributed by atoms with Crippen molar-refractivity contribution in [3.8, 4) is 0 Å². The monoisotopic (exact) mass is 188 g/mol. The molecule has 3 nitrogen and oxygen atoms in total. The molecule has 13 heavy (non-hydrogen) atoms. The van der Waals surface area contributed by atoms with Crippen molar-refractivity contribution in [3.63, 3.8) is 0 Å². The number of hydrogen-bond acceptors (Lipinski definition) is 3. The average Bonchev–Trinajstić information content (AvgIpc) is 2.12. The van der Waals surface area contributed by atoms with Gasteiger partial charge in [0.25, 0.3) is 0 Å². The molecule has 0 saturated heterocycles. The van der Waals surface area contributed by atoms with Gasteiger partial charge in [-0.3, -0.25) is 4.79 Å². The van der Waals surface area contributed by atoms with Gasteiger partial charge in [-0.1, -0.05) is 13.8 Å². The molecule has 0 aromatic carbocycles. The van der Waals surface area contributed by atoms with Gasteiger partial charge >= 0.3 is 0 Å². The van der Waals surface area contributed by atoms with Gasteiger partial charge in [0, 0.05) is 19.6 Å². The number of hydrogen-bond donors (Lipinski definition) is 1. The van der Waals surface area contributed by atoms with Crippen molar-refractivity contribution in [1.82, 2.24) is 0 Å². The predicted octanol–water partition coefficient (Wildman–Crippen LogP) is 1.39. The van der Waals surface area contributed by atoms with Crippen LogP contribution < -0.4 is 0 Å². The van der Waals surface area contributed by atoms with Crippen molar-refractivity contribution in [2.24, 2.45) is 5.92 Å². The number of ether oxygens (including phenoxy) is 1. The molecule has 0 bridgehead atoms. The summed E-state index contributed by atoms with van der Waals surface area (Å²) in [5.74, 6) is -0.220. The SMILES string of the molecule is CCC(C)(O)C(=O)C(C)CCOC. The second kappa shape index (κ2) is 5.35. The number of carbonyl (C=O) groups is 1. The minimum absolute atomic E-state index is 0.0907. The summed E-state index contributed by atoms with van der Waals surface area (Å²) in [4.78, 5) is 11.6. The van der Waals surface area contributed by atoms with E-state index in [9.17, 15) is 9.90 Å². The van der Waals surface area contributed by atoms with E-state index in [1.165, 1.54) is 0 Å². The highest BCUT2D eigenvalue weighted by molar-refractivity contribution is 5.88. The lowest BCUT2D eigenvalue weighted by Crippen LogP contribution is -2.38. The summed E-state index contributed by atoms with van der Waals surface area (Å²) >= 11 is 0. The number of ketones is 1. The van der Waals surface area contributed by atoms with E-state index in [0.717, 1.165) is 0 Å². The van der Waals surface area contributed by atoms with Gasteiger partial charge in [0.05, 0.1) is 0 Å². The Morgan fingerprint density at radius 3 is 2.54 bits per heavy atom. The fourth-order valence-corrected chi connectivity index (χ4v) is 1.13. The van der Waals surface area contributed by atoms with Gasteiger partial charge < -0.3 is 9.84 Å². The molecule has 0 aromatic rings. The molecule has 0 radical (unpaired) electrons. The molecular weight excluding hydrogens is 168 g/mol. The first kappa shape index (κ1) is 12.6. The zero-order valence-corrected chi connectivity index (χ0v) is 8.96. The molecular formula is C10H20O3. The third-order valence-corrected chi connectivity index (χ3v) is 2.42. The van der Waals surface area contributed by atoms with E-state index in [-0.39, 0.29) is 11.7 Å². The number of carbonyl (C=O) groups excluding carboxylic acids is 1. The van der Waals surface area contributed by atoms with Crippen LogP contribution in [0.2, 0.25) is 0 Å². The van der Waals surface area contributed by atoms with E-state index >= 15 is 0 Å². The molecule has 2 unspecified atom stereocenters. The molecule has 0 fully saturated rings. The van der Waals surface area contributed by atoms with E-state index in [1.807, 2.05) is 6.92 Å². The lowest BCUT2D eigenvalue weighted by Gasteiger charge is -2.23. The Bertz CT molecular complexity index is 164. The Balaban J connectivity index is 4.09. The van der Waals surface area contributed by atoms with Crippen LogP contribution in [-0.4, -0.2) is 30.2 Å². The van der Waals surface area contributed by atoms with Crippen molar-refractivity contribution in [3.05, 3.63) is 0 Å². The Kier molecular flexibility index (Phi) is 5.18. The molecule has 0 spiro atoms. The number of Topliss-reactive ketones (excluding diaryl/α,β-unsaturated/α-hetero) is 1. The Labute approximate surface area is 80.1 Å². The van der Waals surface area contributed by atoms with Gasteiger partial charge in [-0.05, 0) is 19.8 Å². The first-order valence-corrected chi connectivity index (χ1v) is 4.71. The standard InChI is InChI=1S/C10H20O3/c1-5-10(3,12)9(11)8(2)6-7-13-4/h8,12H,5-7H2,1-4H3. The van der Waals surface area contributed by atoms with Crippen LogP contribution >= 0.6 is 0 Å². The van der Waals surface area contributed by atoms with Gasteiger partial charge in [0.2, 0.25) is 0 Å². The Morgan fingerprint density at radius 2 is 2.15 bits per heavy atom. The molecule has 78 valence electrons. The summed E-state index contributed by atoms with van der Waals surface area (Å²) in [6.45, 7) is 5.76. The van der Waals surface area contributed by atoms with Gasteiger partial charge in [-0.15, -0.1) is 0 Å². The summed E-state index contributed by atoms with van der Waals surface area (Å²) in [5, 5.41) is 9.67. The molecule has 0 aliphatic heterocycles. The Hall–Kier alpha value is -0.410. The number of rotatable bonds is 6. The van der Waals surface area contributed by atoms with E-state index in [0.29, 0.717) is 19.4 Å². The lowest BCUT2D eigenvalue weighted by molar-refractivity contribution is -0.140. The lowest BCUT2D eigenvalue weighted by atomic mass is 9.88. The van der Waals surface area contributed by atoms with Gasteiger partial charge in [0.15, 0.2) is 5.78 Å². The molecule has 0 saturated carbocycles. The maximum absolute atomic E-state index is 11.6. The molecule has 2 atom stereocenters. The maximum atomic E-state index is 11.6. The number of aliphatic hydroxyl groups is 1. The second-order valence-electron chi connectivity index (χ2n) is 3.67. The van der Waals surface area contributed by atoms with Crippen molar-refractivity contribution in [1.29, 1.82) is 0 Å². The molecule has 0 heterocycles. The first-order chi connectivity index (χ1) is 5.95. The van der Waals surface area contributed by atoms with Crippen LogP contribution in [0.1, 0.15) is 33.6 Å². The summed E-state index contributed by atoms with van der Waals surface area (Å²) < 4.78 is 4.88. The highest BCUT2D eigenvalue weighted by atomic mass is 16.5. The fraction of sp³-hybridized carbons (Fsp3) is 0.900. The van der Waals surface area contributed by atoms with Crippen LogP contribution in [-0.2, 0) is 9.53 Å². The third kappa shape index (κ3) is 3.87. The van der Waals surface area contributed by atoms with E-state index < -0.39 is 5.60 Å². The topological polar surface area (TPSA) is 46.5 Å². The highest BCUT2D eigenvalue weighted by Crippen LogP contribution is 2.17. The van der Waals surface area contributed by atoms with E-state index in [2.05, 4.69) is 0 Å². The molecule has 0 rings (SSSR count). The third-order valence-electron chi connectivity index (χ3n) is 2.42. The minimum Gasteiger partial charge on any atom is -0.385 e. The normalized spacial score (nSPS) is 17.9. The average molecular weight is 188 g/mol. The maximum Gasteiger partial charge on any atom is 0.166 e. The summed E-state index contributed by atoms with van der Waals surface area (Å²) in [6.07, 6.45) is 1.13. The predicted molar refractivity (Wildman–Crippen MR) is 51.6 cm³/mol. The summed E-state index contributed by atoms with van der Waals surface area (Å²) in [5.41, 5.74) is -1.17. The van der Waals surface area contributed by atoms with Crippen LogP contribution in [0.25, 0.3) is 0 Å². The van der Waals surface area contributed by atoms with Crippen molar-refractivity contribution >= 4 is 5.78 Å². The molecule has 1 N–H and O–H groups in total. The first-order valence-electron chi connectivity index (χ1n) is 4.71. The molecule has 0 aromatic heterocycles. The van der Waals surface area contributed by atoms with Crippen LogP contribution in [0.15, 0.2) is 0 Å². The van der Waals surface area contributed by atoms with Gasteiger partial charge in [-0.2, -0.15) is 0 Å². The summed E-state index contributed by atoms with van der Waals surface area (Å²) in [7, 11) is 1.61. The van der Waals surface area contributed by atoms with Gasteiger partial charge in [-0.25, -0.2) is 0 Å².